The van der Waals surface area contributed by atoms with Crippen molar-refractivity contribution in [2.75, 3.05) is 19.0 Å². The minimum absolute atomic E-state index is 0.274. The molecule has 1 unspecified atom stereocenters. The molecule has 0 saturated heterocycles. The minimum atomic E-state index is 0.274. The molecule has 0 aliphatic heterocycles. The number of benzene rings is 1. The number of hydrogen-bond acceptors (Lipinski definition) is 3. The zero-order valence-corrected chi connectivity index (χ0v) is 10.8. The summed E-state index contributed by atoms with van der Waals surface area (Å²) in [4.78, 5) is 4.33. The van der Waals surface area contributed by atoms with E-state index in [0.29, 0.717) is 6.61 Å². The number of imidazole rings is 1. The molecule has 2 aromatic rings. The van der Waals surface area contributed by atoms with E-state index in [0.717, 1.165) is 12.5 Å². The zero-order valence-electron chi connectivity index (χ0n) is 10.8. The molecular weight excluding hydrogens is 226 g/mol. The predicted octanol–water partition coefficient (Wildman–Crippen LogP) is 2.70. The van der Waals surface area contributed by atoms with Crippen LogP contribution in [0.1, 0.15) is 18.5 Å². The number of aromatic nitrogens is 2. The van der Waals surface area contributed by atoms with E-state index in [1.54, 1.807) is 13.3 Å². The molecule has 0 amide bonds. The topological polar surface area (TPSA) is 39.1 Å². The highest BCUT2D eigenvalue weighted by atomic mass is 16.5. The number of nitrogens with one attached hydrogen (secondary N) is 1. The fourth-order valence-corrected chi connectivity index (χ4v) is 1.90. The summed E-state index contributed by atoms with van der Waals surface area (Å²) >= 11 is 0. The van der Waals surface area contributed by atoms with Gasteiger partial charge in [0.15, 0.2) is 0 Å². The summed E-state index contributed by atoms with van der Waals surface area (Å²) in [5.41, 5.74) is 1.24. The fraction of sp³-hybridized carbons (Fsp3) is 0.357. The first-order chi connectivity index (χ1) is 8.81. The Kier molecular flexibility index (Phi) is 4.36. The SMILES string of the molecule is COCC(C)n1ccnc1NCc1ccccc1. The van der Waals surface area contributed by atoms with Gasteiger partial charge in [-0.15, -0.1) is 0 Å². The van der Waals surface area contributed by atoms with Crippen molar-refractivity contribution in [3.63, 3.8) is 0 Å². The first-order valence-corrected chi connectivity index (χ1v) is 6.11. The molecule has 1 heterocycles. The molecule has 0 aliphatic carbocycles. The van der Waals surface area contributed by atoms with Crippen LogP contribution in [0.3, 0.4) is 0 Å². The Balaban J connectivity index is 2.00. The highest BCUT2D eigenvalue weighted by Crippen LogP contribution is 2.14. The van der Waals surface area contributed by atoms with Crippen molar-refractivity contribution in [3.05, 3.63) is 48.3 Å². The van der Waals surface area contributed by atoms with Gasteiger partial charge >= 0.3 is 0 Å². The summed E-state index contributed by atoms with van der Waals surface area (Å²) in [6.07, 6.45) is 3.77. The molecule has 18 heavy (non-hydrogen) atoms. The number of nitrogens with zero attached hydrogens (tertiary/aromatic N) is 2. The molecule has 1 atom stereocenters. The normalized spacial score (nSPS) is 12.3. The largest absolute Gasteiger partial charge is 0.383 e. The molecule has 0 aliphatic rings. The summed E-state index contributed by atoms with van der Waals surface area (Å²) in [5, 5.41) is 3.35. The Labute approximate surface area is 108 Å². The maximum Gasteiger partial charge on any atom is 0.203 e. The molecular formula is C14H19N3O. The van der Waals surface area contributed by atoms with E-state index in [-0.39, 0.29) is 6.04 Å². The van der Waals surface area contributed by atoms with Gasteiger partial charge in [0, 0.05) is 26.0 Å². The third-order valence-electron chi connectivity index (χ3n) is 2.84. The van der Waals surface area contributed by atoms with Crippen molar-refractivity contribution in [1.29, 1.82) is 0 Å². The Hall–Kier alpha value is -1.81. The number of anilines is 1. The van der Waals surface area contributed by atoms with Gasteiger partial charge in [-0.1, -0.05) is 30.3 Å². The summed E-state index contributed by atoms with van der Waals surface area (Å²) < 4.78 is 7.26. The molecule has 0 fully saturated rings. The van der Waals surface area contributed by atoms with Crippen LogP contribution in [0.2, 0.25) is 0 Å². The quantitative estimate of drug-likeness (QED) is 0.850. The van der Waals surface area contributed by atoms with Crippen LogP contribution in [-0.2, 0) is 11.3 Å². The van der Waals surface area contributed by atoms with Crippen LogP contribution in [-0.4, -0.2) is 23.3 Å². The minimum Gasteiger partial charge on any atom is -0.383 e. The van der Waals surface area contributed by atoms with E-state index >= 15 is 0 Å². The van der Waals surface area contributed by atoms with Crippen molar-refractivity contribution in [1.82, 2.24) is 9.55 Å². The van der Waals surface area contributed by atoms with E-state index < -0.39 is 0 Å². The van der Waals surface area contributed by atoms with Crippen molar-refractivity contribution in [3.8, 4) is 0 Å². The highest BCUT2D eigenvalue weighted by Gasteiger charge is 2.09. The van der Waals surface area contributed by atoms with Crippen LogP contribution in [0, 0.1) is 0 Å². The van der Waals surface area contributed by atoms with Gasteiger partial charge in [-0.25, -0.2) is 4.98 Å². The van der Waals surface area contributed by atoms with Crippen LogP contribution in [0.4, 0.5) is 5.95 Å². The molecule has 1 N–H and O–H groups in total. The highest BCUT2D eigenvalue weighted by molar-refractivity contribution is 5.29. The Bertz CT molecular complexity index is 467. The summed E-state index contributed by atoms with van der Waals surface area (Å²) in [6.45, 7) is 3.56. The second-order valence-electron chi connectivity index (χ2n) is 4.30. The molecule has 96 valence electrons. The lowest BCUT2D eigenvalue weighted by molar-refractivity contribution is 0.163. The summed E-state index contributed by atoms with van der Waals surface area (Å²) in [7, 11) is 1.71. The van der Waals surface area contributed by atoms with Crippen molar-refractivity contribution >= 4 is 5.95 Å². The first-order valence-electron chi connectivity index (χ1n) is 6.11. The van der Waals surface area contributed by atoms with Crippen molar-refractivity contribution in [2.24, 2.45) is 0 Å². The Morgan fingerprint density at radius 3 is 2.83 bits per heavy atom. The van der Waals surface area contributed by atoms with Gasteiger partial charge in [0.1, 0.15) is 0 Å². The van der Waals surface area contributed by atoms with Gasteiger partial charge in [0.05, 0.1) is 12.6 Å². The number of hydrogen-bond donors (Lipinski definition) is 1. The van der Waals surface area contributed by atoms with E-state index in [4.69, 9.17) is 4.74 Å². The van der Waals surface area contributed by atoms with E-state index in [1.165, 1.54) is 5.56 Å². The van der Waals surface area contributed by atoms with Crippen LogP contribution < -0.4 is 5.32 Å². The summed E-state index contributed by atoms with van der Waals surface area (Å²) in [5.74, 6) is 0.878. The molecule has 0 saturated carbocycles. The molecule has 1 aromatic heterocycles. The third-order valence-corrected chi connectivity index (χ3v) is 2.84. The summed E-state index contributed by atoms with van der Waals surface area (Å²) in [6, 6.07) is 10.6. The van der Waals surface area contributed by atoms with Gasteiger partial charge in [0.2, 0.25) is 5.95 Å². The lowest BCUT2D eigenvalue weighted by Crippen LogP contribution is -2.14. The lowest BCUT2D eigenvalue weighted by atomic mass is 10.2. The standard InChI is InChI=1S/C14H19N3O/c1-12(11-18-2)17-9-8-15-14(17)16-10-13-6-4-3-5-7-13/h3-9,12H,10-11H2,1-2H3,(H,15,16). The molecule has 1 aromatic carbocycles. The van der Waals surface area contributed by atoms with E-state index in [2.05, 4.69) is 33.9 Å². The second kappa shape index (κ2) is 6.21. The monoisotopic (exact) mass is 245 g/mol. The van der Waals surface area contributed by atoms with Crippen LogP contribution in [0.15, 0.2) is 42.7 Å². The van der Waals surface area contributed by atoms with Gasteiger partial charge in [0.25, 0.3) is 0 Å². The molecule has 0 spiro atoms. The average molecular weight is 245 g/mol. The molecule has 2 rings (SSSR count). The van der Waals surface area contributed by atoms with Gasteiger partial charge in [-0.3, -0.25) is 0 Å². The van der Waals surface area contributed by atoms with E-state index in [9.17, 15) is 0 Å². The smallest absolute Gasteiger partial charge is 0.203 e. The number of ether oxygens (including phenoxy) is 1. The zero-order chi connectivity index (χ0) is 12.8. The maximum absolute atomic E-state index is 5.17. The molecule has 0 radical (unpaired) electrons. The van der Waals surface area contributed by atoms with Crippen molar-refractivity contribution < 1.29 is 4.74 Å². The van der Waals surface area contributed by atoms with Crippen LogP contribution in [0.25, 0.3) is 0 Å². The van der Waals surface area contributed by atoms with Crippen molar-refractivity contribution in [2.45, 2.75) is 19.5 Å². The molecule has 4 heteroatoms. The number of methoxy groups -OCH3 is 1. The first kappa shape index (κ1) is 12.6. The van der Waals surface area contributed by atoms with E-state index in [1.807, 2.05) is 24.4 Å². The predicted molar refractivity (Wildman–Crippen MR) is 72.6 cm³/mol. The Morgan fingerprint density at radius 2 is 2.11 bits per heavy atom. The van der Waals surface area contributed by atoms with Gasteiger partial charge in [-0.2, -0.15) is 0 Å². The molecule has 4 nitrogen and oxygen atoms in total. The second-order valence-corrected chi connectivity index (χ2v) is 4.30. The maximum atomic E-state index is 5.17. The molecule has 0 bridgehead atoms. The van der Waals surface area contributed by atoms with Crippen LogP contribution in [0.5, 0.6) is 0 Å². The number of rotatable bonds is 6. The lowest BCUT2D eigenvalue weighted by Gasteiger charge is -2.16. The average Bonchev–Trinajstić information content (AvgIpc) is 2.86. The van der Waals surface area contributed by atoms with Gasteiger partial charge < -0.3 is 14.6 Å². The Morgan fingerprint density at radius 1 is 1.33 bits per heavy atom. The van der Waals surface area contributed by atoms with Gasteiger partial charge in [-0.05, 0) is 12.5 Å². The third kappa shape index (κ3) is 3.11. The fourth-order valence-electron chi connectivity index (χ4n) is 1.90. The van der Waals surface area contributed by atoms with Crippen LogP contribution >= 0.6 is 0 Å².